The second-order valence-corrected chi connectivity index (χ2v) is 5.32. The standard InChI is InChI=1S/C6H12N2O3S/c7-5(6(8)9)4-1-2-12(10,11)3-4/h4-5H,1-3,7H2,(H2,8,9). The molecule has 1 amide bonds. The third kappa shape index (κ3) is 1.95. The van der Waals surface area contributed by atoms with Crippen molar-refractivity contribution in [1.82, 2.24) is 0 Å². The lowest BCUT2D eigenvalue weighted by molar-refractivity contribution is -0.120. The number of hydrogen-bond donors (Lipinski definition) is 2. The van der Waals surface area contributed by atoms with E-state index in [1.54, 1.807) is 0 Å². The van der Waals surface area contributed by atoms with Crippen molar-refractivity contribution in [2.24, 2.45) is 17.4 Å². The molecule has 0 aromatic carbocycles. The minimum Gasteiger partial charge on any atom is -0.368 e. The molecule has 0 bridgehead atoms. The van der Waals surface area contributed by atoms with Crippen LogP contribution in [-0.2, 0) is 14.6 Å². The van der Waals surface area contributed by atoms with Crippen LogP contribution in [0.5, 0.6) is 0 Å². The van der Waals surface area contributed by atoms with Crippen molar-refractivity contribution in [3.05, 3.63) is 0 Å². The molecule has 0 spiro atoms. The number of nitrogens with two attached hydrogens (primary N) is 2. The first-order chi connectivity index (χ1) is 5.42. The first-order valence-corrected chi connectivity index (χ1v) is 5.50. The second-order valence-electron chi connectivity index (χ2n) is 3.09. The molecule has 1 fully saturated rings. The molecule has 0 aromatic rings. The van der Waals surface area contributed by atoms with Gasteiger partial charge in [0.1, 0.15) is 0 Å². The molecule has 0 aliphatic carbocycles. The summed E-state index contributed by atoms with van der Waals surface area (Å²) in [6, 6.07) is -0.817. The minimum atomic E-state index is -2.96. The summed E-state index contributed by atoms with van der Waals surface area (Å²) in [6.45, 7) is 0. The Morgan fingerprint density at radius 3 is 2.42 bits per heavy atom. The van der Waals surface area contributed by atoms with Gasteiger partial charge >= 0.3 is 0 Å². The van der Waals surface area contributed by atoms with Crippen LogP contribution in [-0.4, -0.2) is 31.9 Å². The van der Waals surface area contributed by atoms with Crippen LogP contribution in [0.25, 0.3) is 0 Å². The van der Waals surface area contributed by atoms with Gasteiger partial charge in [-0.05, 0) is 12.3 Å². The molecule has 0 aromatic heterocycles. The molecule has 1 aliphatic heterocycles. The monoisotopic (exact) mass is 192 g/mol. The molecule has 2 unspecified atom stereocenters. The van der Waals surface area contributed by atoms with E-state index < -0.39 is 21.8 Å². The summed E-state index contributed by atoms with van der Waals surface area (Å²) < 4.78 is 21.9. The predicted molar refractivity (Wildman–Crippen MR) is 43.9 cm³/mol. The molecular formula is C6H12N2O3S. The fourth-order valence-electron chi connectivity index (χ4n) is 1.34. The van der Waals surface area contributed by atoms with Gasteiger partial charge in [0.05, 0.1) is 17.5 Å². The summed E-state index contributed by atoms with van der Waals surface area (Å²) in [4.78, 5) is 10.6. The van der Waals surface area contributed by atoms with E-state index in [-0.39, 0.29) is 17.4 Å². The van der Waals surface area contributed by atoms with E-state index >= 15 is 0 Å². The molecule has 4 N–H and O–H groups in total. The minimum absolute atomic E-state index is 0.00287. The highest BCUT2D eigenvalue weighted by molar-refractivity contribution is 7.91. The third-order valence-corrected chi connectivity index (χ3v) is 3.90. The Morgan fingerprint density at radius 1 is 1.50 bits per heavy atom. The van der Waals surface area contributed by atoms with Gasteiger partial charge < -0.3 is 11.5 Å². The molecular weight excluding hydrogens is 180 g/mol. The highest BCUT2D eigenvalue weighted by atomic mass is 32.2. The Morgan fingerprint density at radius 2 is 2.08 bits per heavy atom. The van der Waals surface area contributed by atoms with Crippen LogP contribution >= 0.6 is 0 Å². The Kier molecular flexibility index (Phi) is 2.39. The average Bonchev–Trinajstić information content (AvgIpc) is 2.28. The Balaban J connectivity index is 2.64. The largest absolute Gasteiger partial charge is 0.368 e. The van der Waals surface area contributed by atoms with Crippen molar-refractivity contribution < 1.29 is 13.2 Å². The molecule has 0 saturated carbocycles. The predicted octanol–water partition coefficient (Wildman–Crippen LogP) is -1.77. The molecule has 1 heterocycles. The van der Waals surface area contributed by atoms with Gasteiger partial charge in [-0.1, -0.05) is 0 Å². The van der Waals surface area contributed by atoms with Crippen LogP contribution in [0.15, 0.2) is 0 Å². The molecule has 12 heavy (non-hydrogen) atoms. The molecule has 1 saturated heterocycles. The number of carbonyl (C=O) groups excluding carboxylic acids is 1. The van der Waals surface area contributed by atoms with Gasteiger partial charge in [0.2, 0.25) is 5.91 Å². The Hall–Kier alpha value is -0.620. The number of sulfone groups is 1. The third-order valence-electron chi connectivity index (χ3n) is 2.10. The zero-order chi connectivity index (χ0) is 9.35. The van der Waals surface area contributed by atoms with Crippen LogP contribution in [0.1, 0.15) is 6.42 Å². The second kappa shape index (κ2) is 3.02. The molecule has 1 aliphatic rings. The lowest BCUT2D eigenvalue weighted by atomic mass is 10.00. The number of amides is 1. The number of hydrogen-bond acceptors (Lipinski definition) is 4. The number of rotatable bonds is 2. The van der Waals surface area contributed by atoms with Crippen LogP contribution in [0, 0.1) is 5.92 Å². The maximum absolute atomic E-state index is 11.0. The van der Waals surface area contributed by atoms with Crippen LogP contribution in [0.2, 0.25) is 0 Å². The normalized spacial score (nSPS) is 29.9. The van der Waals surface area contributed by atoms with Crippen molar-refractivity contribution in [1.29, 1.82) is 0 Å². The average molecular weight is 192 g/mol. The van der Waals surface area contributed by atoms with Gasteiger partial charge in [-0.3, -0.25) is 4.79 Å². The fraction of sp³-hybridized carbons (Fsp3) is 0.833. The highest BCUT2D eigenvalue weighted by Gasteiger charge is 2.34. The van der Waals surface area contributed by atoms with Crippen molar-refractivity contribution in [2.45, 2.75) is 12.5 Å². The van der Waals surface area contributed by atoms with Gasteiger partial charge in [0, 0.05) is 0 Å². The van der Waals surface area contributed by atoms with Gasteiger partial charge in [-0.15, -0.1) is 0 Å². The van der Waals surface area contributed by atoms with E-state index in [9.17, 15) is 13.2 Å². The molecule has 6 heteroatoms. The summed E-state index contributed by atoms with van der Waals surface area (Å²) in [6.07, 6.45) is 0.451. The van der Waals surface area contributed by atoms with E-state index in [4.69, 9.17) is 11.5 Å². The van der Waals surface area contributed by atoms with Crippen molar-refractivity contribution >= 4 is 15.7 Å². The van der Waals surface area contributed by atoms with Crippen molar-refractivity contribution in [3.63, 3.8) is 0 Å². The smallest absolute Gasteiger partial charge is 0.234 e. The van der Waals surface area contributed by atoms with Gasteiger partial charge in [-0.2, -0.15) is 0 Å². The lowest BCUT2D eigenvalue weighted by Gasteiger charge is -2.12. The van der Waals surface area contributed by atoms with E-state index in [0.717, 1.165) is 0 Å². The fourth-order valence-corrected chi connectivity index (χ4v) is 3.19. The van der Waals surface area contributed by atoms with Gasteiger partial charge in [0.25, 0.3) is 0 Å². The summed E-state index contributed by atoms with van der Waals surface area (Å²) >= 11 is 0. The quantitative estimate of drug-likeness (QED) is 0.540. The van der Waals surface area contributed by atoms with E-state index in [1.807, 2.05) is 0 Å². The molecule has 2 atom stereocenters. The molecule has 1 rings (SSSR count). The Labute approximate surface area is 71.0 Å². The molecule has 5 nitrogen and oxygen atoms in total. The van der Waals surface area contributed by atoms with Crippen LogP contribution < -0.4 is 11.5 Å². The number of carbonyl (C=O) groups is 1. The SMILES string of the molecule is NC(=O)C(N)C1CCS(=O)(=O)C1. The van der Waals surface area contributed by atoms with Crippen molar-refractivity contribution in [2.75, 3.05) is 11.5 Å². The van der Waals surface area contributed by atoms with Crippen LogP contribution in [0.4, 0.5) is 0 Å². The molecule has 70 valence electrons. The Bertz CT molecular complexity index is 285. The summed E-state index contributed by atoms with van der Waals surface area (Å²) in [7, 11) is -2.96. The summed E-state index contributed by atoms with van der Waals surface area (Å²) in [5, 5.41) is 0. The summed E-state index contributed by atoms with van der Waals surface area (Å²) in [5.74, 6) is -0.792. The first kappa shape index (κ1) is 9.47. The highest BCUT2D eigenvalue weighted by Crippen LogP contribution is 2.20. The summed E-state index contributed by atoms with van der Waals surface area (Å²) in [5.41, 5.74) is 10.3. The van der Waals surface area contributed by atoms with E-state index in [2.05, 4.69) is 0 Å². The van der Waals surface area contributed by atoms with E-state index in [1.165, 1.54) is 0 Å². The topological polar surface area (TPSA) is 103 Å². The van der Waals surface area contributed by atoms with Gasteiger partial charge in [-0.25, -0.2) is 8.42 Å². The maximum Gasteiger partial charge on any atom is 0.234 e. The molecule has 0 radical (unpaired) electrons. The number of primary amides is 1. The van der Waals surface area contributed by atoms with Crippen molar-refractivity contribution in [3.8, 4) is 0 Å². The maximum atomic E-state index is 11.0. The zero-order valence-electron chi connectivity index (χ0n) is 6.56. The zero-order valence-corrected chi connectivity index (χ0v) is 7.38. The van der Waals surface area contributed by atoms with Crippen LogP contribution in [0.3, 0.4) is 0 Å². The lowest BCUT2D eigenvalue weighted by Crippen LogP contribution is -2.43. The van der Waals surface area contributed by atoms with Gasteiger partial charge in [0.15, 0.2) is 9.84 Å². The van der Waals surface area contributed by atoms with E-state index in [0.29, 0.717) is 6.42 Å². The first-order valence-electron chi connectivity index (χ1n) is 3.68.